The van der Waals surface area contributed by atoms with Crippen LogP contribution in [-0.4, -0.2) is 30.5 Å². The van der Waals surface area contributed by atoms with Crippen molar-refractivity contribution in [2.75, 3.05) is 19.8 Å². The first-order valence-electron chi connectivity index (χ1n) is 7.64. The fourth-order valence-electron chi connectivity index (χ4n) is 2.22. The highest BCUT2D eigenvalue weighted by Gasteiger charge is 2.24. The Balaban J connectivity index is 2.47. The van der Waals surface area contributed by atoms with E-state index < -0.39 is 0 Å². The normalized spacial score (nSPS) is 15.6. The second-order valence-corrected chi connectivity index (χ2v) is 6.55. The van der Waals surface area contributed by atoms with Crippen molar-refractivity contribution in [1.29, 1.82) is 0 Å². The van der Waals surface area contributed by atoms with Crippen molar-refractivity contribution in [1.82, 2.24) is 5.32 Å². The molecule has 0 radical (unpaired) electrons. The molecule has 1 aliphatic rings. The largest absolute Gasteiger partial charge is 0.395 e. The molecule has 1 fully saturated rings. The Morgan fingerprint density at radius 2 is 2.05 bits per heavy atom. The van der Waals surface area contributed by atoms with Crippen LogP contribution in [0.15, 0.2) is 11.3 Å². The number of allylic oxidation sites excluding steroid dienone is 1. The number of rotatable bonds is 9. The molecule has 112 valence electrons. The van der Waals surface area contributed by atoms with Crippen LogP contribution in [0.25, 0.3) is 0 Å². The van der Waals surface area contributed by atoms with Crippen LogP contribution in [-0.2, 0) is 4.74 Å². The Labute approximate surface area is 118 Å². The van der Waals surface area contributed by atoms with Crippen LogP contribution in [0.1, 0.15) is 59.8 Å². The van der Waals surface area contributed by atoms with Crippen molar-refractivity contribution in [2.24, 2.45) is 5.92 Å². The highest BCUT2D eigenvalue weighted by Crippen LogP contribution is 2.32. The Morgan fingerprint density at radius 3 is 2.53 bits per heavy atom. The SMILES string of the molecule is CC(C)CCOC(C)(C)CC(NCCO)=C1CCC1. The van der Waals surface area contributed by atoms with Gasteiger partial charge in [0.2, 0.25) is 0 Å². The molecule has 0 saturated heterocycles. The lowest BCUT2D eigenvalue weighted by molar-refractivity contribution is -0.0227. The van der Waals surface area contributed by atoms with Crippen molar-refractivity contribution in [3.63, 3.8) is 0 Å². The molecule has 0 aromatic rings. The molecule has 0 unspecified atom stereocenters. The first-order chi connectivity index (χ1) is 8.94. The zero-order valence-corrected chi connectivity index (χ0v) is 13.1. The Bertz CT molecular complexity index is 289. The summed E-state index contributed by atoms with van der Waals surface area (Å²) in [5.41, 5.74) is 2.69. The maximum Gasteiger partial charge on any atom is 0.0680 e. The van der Waals surface area contributed by atoms with Crippen molar-refractivity contribution < 1.29 is 9.84 Å². The average Bonchev–Trinajstić information content (AvgIpc) is 2.22. The van der Waals surface area contributed by atoms with Crippen molar-refractivity contribution in [2.45, 2.75) is 65.4 Å². The molecule has 0 spiro atoms. The second-order valence-electron chi connectivity index (χ2n) is 6.55. The zero-order chi connectivity index (χ0) is 14.3. The maximum atomic E-state index is 8.97. The molecule has 0 bridgehead atoms. The molecule has 0 heterocycles. The van der Waals surface area contributed by atoms with E-state index in [0.717, 1.165) is 19.4 Å². The third-order valence-corrected chi connectivity index (χ3v) is 3.62. The van der Waals surface area contributed by atoms with E-state index in [9.17, 15) is 0 Å². The van der Waals surface area contributed by atoms with Crippen LogP contribution in [0.3, 0.4) is 0 Å². The molecule has 0 aliphatic heterocycles. The summed E-state index contributed by atoms with van der Waals surface area (Å²) in [7, 11) is 0. The van der Waals surface area contributed by atoms with Crippen molar-refractivity contribution in [3.8, 4) is 0 Å². The summed E-state index contributed by atoms with van der Waals surface area (Å²) in [6.45, 7) is 10.4. The number of ether oxygens (including phenoxy) is 1. The van der Waals surface area contributed by atoms with Gasteiger partial charge < -0.3 is 15.2 Å². The van der Waals surface area contributed by atoms with Gasteiger partial charge in [-0.1, -0.05) is 19.4 Å². The molecule has 0 atom stereocenters. The monoisotopic (exact) mass is 269 g/mol. The van der Waals surface area contributed by atoms with Crippen LogP contribution in [0.4, 0.5) is 0 Å². The highest BCUT2D eigenvalue weighted by atomic mass is 16.5. The van der Waals surface area contributed by atoms with Gasteiger partial charge in [0, 0.05) is 25.3 Å². The van der Waals surface area contributed by atoms with Gasteiger partial charge >= 0.3 is 0 Å². The van der Waals surface area contributed by atoms with E-state index in [1.54, 1.807) is 0 Å². The lowest BCUT2D eigenvalue weighted by Gasteiger charge is -2.31. The summed E-state index contributed by atoms with van der Waals surface area (Å²) in [5, 5.41) is 12.3. The fourth-order valence-corrected chi connectivity index (χ4v) is 2.22. The van der Waals surface area contributed by atoms with E-state index in [4.69, 9.17) is 9.84 Å². The topological polar surface area (TPSA) is 41.5 Å². The van der Waals surface area contributed by atoms with E-state index in [1.165, 1.54) is 30.5 Å². The van der Waals surface area contributed by atoms with Gasteiger partial charge in [0.1, 0.15) is 0 Å². The summed E-state index contributed by atoms with van der Waals surface area (Å²) >= 11 is 0. The van der Waals surface area contributed by atoms with Crippen LogP contribution < -0.4 is 5.32 Å². The number of hydrogen-bond acceptors (Lipinski definition) is 3. The third kappa shape index (κ3) is 6.44. The van der Waals surface area contributed by atoms with Crippen LogP contribution in [0, 0.1) is 5.92 Å². The van der Waals surface area contributed by atoms with Gasteiger partial charge in [0.15, 0.2) is 0 Å². The number of nitrogens with one attached hydrogen (secondary N) is 1. The molecule has 2 N–H and O–H groups in total. The van der Waals surface area contributed by atoms with Crippen LogP contribution >= 0.6 is 0 Å². The molecule has 0 amide bonds. The number of aliphatic hydroxyl groups is 1. The lowest BCUT2D eigenvalue weighted by Crippen LogP contribution is -2.32. The molecule has 1 rings (SSSR count). The predicted molar refractivity (Wildman–Crippen MR) is 80.1 cm³/mol. The van der Waals surface area contributed by atoms with Crippen molar-refractivity contribution >= 4 is 0 Å². The Morgan fingerprint density at radius 1 is 1.37 bits per heavy atom. The lowest BCUT2D eigenvalue weighted by atomic mass is 9.87. The minimum absolute atomic E-state index is 0.130. The quantitative estimate of drug-likeness (QED) is 0.675. The smallest absolute Gasteiger partial charge is 0.0680 e. The van der Waals surface area contributed by atoms with E-state index >= 15 is 0 Å². The summed E-state index contributed by atoms with van der Waals surface area (Å²) in [4.78, 5) is 0. The number of hydrogen-bond donors (Lipinski definition) is 2. The standard InChI is InChI=1S/C16H31NO2/c1-13(2)8-11-19-16(3,4)12-15(17-9-10-18)14-6-5-7-14/h13,17-18H,5-12H2,1-4H3. The first kappa shape index (κ1) is 16.5. The van der Waals surface area contributed by atoms with Gasteiger partial charge in [-0.05, 0) is 45.4 Å². The minimum atomic E-state index is -0.130. The van der Waals surface area contributed by atoms with E-state index in [-0.39, 0.29) is 12.2 Å². The molecule has 3 nitrogen and oxygen atoms in total. The van der Waals surface area contributed by atoms with Gasteiger partial charge in [0.05, 0.1) is 12.2 Å². The van der Waals surface area contributed by atoms with E-state index in [0.29, 0.717) is 12.5 Å². The highest BCUT2D eigenvalue weighted by molar-refractivity contribution is 5.19. The predicted octanol–water partition coefficient (Wildman–Crippen LogP) is 3.24. The molecule has 3 heteroatoms. The molecule has 1 aliphatic carbocycles. The van der Waals surface area contributed by atoms with Gasteiger partial charge in [-0.15, -0.1) is 0 Å². The summed E-state index contributed by atoms with van der Waals surface area (Å²) in [6, 6.07) is 0. The summed E-state index contributed by atoms with van der Waals surface area (Å²) < 4.78 is 6.03. The fraction of sp³-hybridized carbons (Fsp3) is 0.875. The second kappa shape index (κ2) is 7.91. The van der Waals surface area contributed by atoms with Crippen molar-refractivity contribution in [3.05, 3.63) is 11.3 Å². The van der Waals surface area contributed by atoms with Crippen LogP contribution in [0.2, 0.25) is 0 Å². The van der Waals surface area contributed by atoms with Crippen LogP contribution in [0.5, 0.6) is 0 Å². The van der Waals surface area contributed by atoms with Gasteiger partial charge in [-0.25, -0.2) is 0 Å². The molecule has 0 aromatic carbocycles. The minimum Gasteiger partial charge on any atom is -0.395 e. The van der Waals surface area contributed by atoms with E-state index in [2.05, 4.69) is 33.0 Å². The number of aliphatic hydroxyl groups excluding tert-OH is 1. The first-order valence-corrected chi connectivity index (χ1v) is 7.64. The molecular formula is C16H31NO2. The average molecular weight is 269 g/mol. The molecule has 1 saturated carbocycles. The van der Waals surface area contributed by atoms with Gasteiger partial charge in [-0.3, -0.25) is 0 Å². The zero-order valence-electron chi connectivity index (χ0n) is 13.1. The Kier molecular flexibility index (Phi) is 6.87. The van der Waals surface area contributed by atoms with Gasteiger partial charge in [0.25, 0.3) is 0 Å². The Hall–Kier alpha value is -0.540. The molecular weight excluding hydrogens is 238 g/mol. The summed E-state index contributed by atoms with van der Waals surface area (Å²) in [5.74, 6) is 0.688. The summed E-state index contributed by atoms with van der Waals surface area (Å²) in [6.07, 6.45) is 5.74. The van der Waals surface area contributed by atoms with Gasteiger partial charge in [-0.2, -0.15) is 0 Å². The molecule has 0 aromatic heterocycles. The third-order valence-electron chi connectivity index (χ3n) is 3.62. The maximum absolute atomic E-state index is 8.97. The van der Waals surface area contributed by atoms with E-state index in [1.807, 2.05) is 0 Å². The molecule has 19 heavy (non-hydrogen) atoms.